The van der Waals surface area contributed by atoms with E-state index in [9.17, 15) is 4.79 Å². The first kappa shape index (κ1) is 9.19. The van der Waals surface area contributed by atoms with Gasteiger partial charge in [0, 0.05) is 5.92 Å². The van der Waals surface area contributed by atoms with Gasteiger partial charge in [0.1, 0.15) is 0 Å². The monoisotopic (exact) mass is 194 g/mol. The fourth-order valence-electron chi connectivity index (χ4n) is 2.59. The van der Waals surface area contributed by atoms with Gasteiger partial charge in [-0.15, -0.1) is 0 Å². The zero-order chi connectivity index (χ0) is 9.64. The van der Waals surface area contributed by atoms with E-state index in [1.807, 2.05) is 0 Å². The molecule has 0 unspecified atom stereocenters. The molecule has 0 aromatic rings. The third-order valence-corrected chi connectivity index (χ3v) is 4.29. The Kier molecular flexibility index (Phi) is 1.99. The van der Waals surface area contributed by atoms with Crippen LogP contribution in [-0.4, -0.2) is 13.9 Å². The van der Waals surface area contributed by atoms with Crippen molar-refractivity contribution in [2.75, 3.05) is 0 Å². The summed E-state index contributed by atoms with van der Waals surface area (Å²) in [5.41, 5.74) is 3.54. The second kappa shape index (κ2) is 2.81. The first-order valence-corrected chi connectivity index (χ1v) is 8.82. The number of fused-ring (bicyclic) bond motifs is 2. The number of carbonyl (C=O) groups is 1. The lowest BCUT2D eigenvalue weighted by molar-refractivity contribution is -0.118. The fourth-order valence-corrected chi connectivity index (χ4v) is 3.91. The number of hydrogen-bond acceptors (Lipinski definition) is 1. The van der Waals surface area contributed by atoms with Gasteiger partial charge in [0.25, 0.3) is 0 Å². The van der Waals surface area contributed by atoms with E-state index in [1.165, 1.54) is 12.0 Å². The van der Waals surface area contributed by atoms with Crippen molar-refractivity contribution < 1.29 is 4.79 Å². The lowest BCUT2D eigenvalue weighted by atomic mass is 9.95. The van der Waals surface area contributed by atoms with Crippen LogP contribution in [0.1, 0.15) is 19.3 Å². The second-order valence-electron chi connectivity index (χ2n) is 5.54. The first-order valence-electron chi connectivity index (χ1n) is 5.24. The SMILES string of the molecule is C[Si](C)(C)/C=C1\C(=O)[C@H]2CC[C@@H]1C2. The summed E-state index contributed by atoms with van der Waals surface area (Å²) in [6.07, 6.45) is 3.59. The van der Waals surface area contributed by atoms with Crippen LogP contribution in [0.15, 0.2) is 11.3 Å². The van der Waals surface area contributed by atoms with Crippen LogP contribution in [0.3, 0.4) is 0 Å². The van der Waals surface area contributed by atoms with E-state index in [-0.39, 0.29) is 0 Å². The molecule has 0 amide bonds. The van der Waals surface area contributed by atoms with Crippen LogP contribution in [0.2, 0.25) is 19.6 Å². The van der Waals surface area contributed by atoms with E-state index in [0.29, 0.717) is 17.6 Å². The molecule has 2 aliphatic rings. The third-order valence-electron chi connectivity index (χ3n) is 3.12. The minimum Gasteiger partial charge on any atom is -0.294 e. The average molecular weight is 194 g/mol. The first-order chi connectivity index (χ1) is 5.97. The number of hydrogen-bond donors (Lipinski definition) is 0. The molecule has 2 heteroatoms. The van der Waals surface area contributed by atoms with Crippen molar-refractivity contribution in [1.29, 1.82) is 0 Å². The summed E-state index contributed by atoms with van der Waals surface area (Å²) in [6, 6.07) is 0. The number of Topliss-reactive ketones (excluding diaryl/α,β-unsaturated/α-hetero) is 1. The van der Waals surface area contributed by atoms with Crippen LogP contribution in [0, 0.1) is 11.8 Å². The van der Waals surface area contributed by atoms with Gasteiger partial charge in [0.2, 0.25) is 0 Å². The zero-order valence-corrected chi connectivity index (χ0v) is 9.76. The van der Waals surface area contributed by atoms with Crippen LogP contribution >= 0.6 is 0 Å². The lowest BCUT2D eigenvalue weighted by Gasteiger charge is -2.17. The molecule has 2 atom stereocenters. The van der Waals surface area contributed by atoms with Crippen molar-refractivity contribution in [3.63, 3.8) is 0 Å². The molecule has 0 aromatic carbocycles. The number of ketones is 1. The molecule has 0 saturated heterocycles. The van der Waals surface area contributed by atoms with E-state index < -0.39 is 8.07 Å². The number of allylic oxidation sites excluding steroid dienone is 1. The van der Waals surface area contributed by atoms with Gasteiger partial charge in [-0.25, -0.2) is 0 Å². The molecule has 13 heavy (non-hydrogen) atoms. The standard InChI is InChI=1S/C11H18OSi/c1-13(2,3)7-10-8-4-5-9(6-8)11(10)12/h7-9H,4-6H2,1-3H3/b10-7-/t8-,9+/m1/s1. The van der Waals surface area contributed by atoms with Crippen LogP contribution in [-0.2, 0) is 4.79 Å². The highest BCUT2D eigenvalue weighted by atomic mass is 28.3. The van der Waals surface area contributed by atoms with E-state index in [2.05, 4.69) is 25.3 Å². The van der Waals surface area contributed by atoms with Gasteiger partial charge >= 0.3 is 0 Å². The molecular weight excluding hydrogens is 176 g/mol. The summed E-state index contributed by atoms with van der Waals surface area (Å²) in [7, 11) is -1.18. The van der Waals surface area contributed by atoms with E-state index >= 15 is 0 Å². The zero-order valence-electron chi connectivity index (χ0n) is 8.76. The molecule has 2 aliphatic carbocycles. The predicted octanol–water partition coefficient (Wildman–Crippen LogP) is 2.79. The van der Waals surface area contributed by atoms with Crippen LogP contribution in [0.5, 0.6) is 0 Å². The molecule has 72 valence electrons. The van der Waals surface area contributed by atoms with Gasteiger partial charge in [-0.1, -0.05) is 25.3 Å². The molecule has 2 bridgehead atoms. The maximum absolute atomic E-state index is 11.8. The Labute approximate surface area is 81.2 Å². The van der Waals surface area contributed by atoms with Crippen molar-refractivity contribution in [2.45, 2.75) is 38.9 Å². The molecule has 2 fully saturated rings. The van der Waals surface area contributed by atoms with E-state index in [1.54, 1.807) is 0 Å². The summed E-state index contributed by atoms with van der Waals surface area (Å²) >= 11 is 0. The Hall–Kier alpha value is -0.373. The molecule has 2 saturated carbocycles. The summed E-state index contributed by atoms with van der Waals surface area (Å²) in [4.78, 5) is 11.8. The van der Waals surface area contributed by atoms with Gasteiger partial charge in [-0.3, -0.25) is 4.79 Å². The minimum absolute atomic E-state index is 0.410. The van der Waals surface area contributed by atoms with Gasteiger partial charge in [-0.2, -0.15) is 0 Å². The maximum atomic E-state index is 11.8. The second-order valence-corrected chi connectivity index (χ2v) is 10.6. The Morgan fingerprint density at radius 2 is 1.85 bits per heavy atom. The highest BCUT2D eigenvalue weighted by Gasteiger charge is 2.42. The molecule has 0 N–H and O–H groups in total. The predicted molar refractivity (Wildman–Crippen MR) is 57.3 cm³/mol. The molecule has 2 rings (SSSR count). The molecule has 0 radical (unpaired) electrons. The number of rotatable bonds is 1. The molecule has 0 heterocycles. The average Bonchev–Trinajstić information content (AvgIpc) is 2.51. The summed E-state index contributed by atoms with van der Waals surface area (Å²) in [5.74, 6) is 1.54. The molecule has 0 spiro atoms. The van der Waals surface area contributed by atoms with E-state index in [4.69, 9.17) is 0 Å². The van der Waals surface area contributed by atoms with Crippen molar-refractivity contribution in [1.82, 2.24) is 0 Å². The highest BCUT2D eigenvalue weighted by molar-refractivity contribution is 6.81. The third kappa shape index (κ3) is 1.64. The van der Waals surface area contributed by atoms with Crippen molar-refractivity contribution in [2.24, 2.45) is 11.8 Å². The minimum atomic E-state index is -1.18. The largest absolute Gasteiger partial charge is 0.294 e. The quantitative estimate of drug-likeness (QED) is 0.463. The van der Waals surface area contributed by atoms with Gasteiger partial charge in [-0.05, 0) is 30.8 Å². The van der Waals surface area contributed by atoms with Gasteiger partial charge < -0.3 is 0 Å². The van der Waals surface area contributed by atoms with Crippen molar-refractivity contribution in [3.8, 4) is 0 Å². The van der Waals surface area contributed by atoms with Gasteiger partial charge in [0.15, 0.2) is 5.78 Å². The van der Waals surface area contributed by atoms with E-state index in [0.717, 1.165) is 12.8 Å². The normalized spacial score (nSPS) is 36.2. The molecule has 0 aliphatic heterocycles. The van der Waals surface area contributed by atoms with Crippen LogP contribution in [0.4, 0.5) is 0 Å². The topological polar surface area (TPSA) is 17.1 Å². The molecule has 1 nitrogen and oxygen atoms in total. The smallest absolute Gasteiger partial charge is 0.161 e. The van der Waals surface area contributed by atoms with Crippen molar-refractivity contribution in [3.05, 3.63) is 11.3 Å². The van der Waals surface area contributed by atoms with Crippen LogP contribution in [0.25, 0.3) is 0 Å². The number of carbonyl (C=O) groups excluding carboxylic acids is 1. The highest BCUT2D eigenvalue weighted by Crippen LogP contribution is 2.45. The summed E-state index contributed by atoms with van der Waals surface area (Å²) < 4.78 is 0. The molecule has 0 aromatic heterocycles. The summed E-state index contributed by atoms with van der Waals surface area (Å²) in [5, 5.41) is 0. The maximum Gasteiger partial charge on any atom is 0.161 e. The Bertz CT molecular complexity index is 272. The van der Waals surface area contributed by atoms with Crippen molar-refractivity contribution >= 4 is 13.9 Å². The van der Waals surface area contributed by atoms with Gasteiger partial charge in [0.05, 0.1) is 8.07 Å². The Balaban J connectivity index is 2.26. The Morgan fingerprint density at radius 1 is 1.23 bits per heavy atom. The summed E-state index contributed by atoms with van der Waals surface area (Å²) in [6.45, 7) is 6.91. The van der Waals surface area contributed by atoms with Crippen LogP contribution < -0.4 is 0 Å². The fraction of sp³-hybridized carbons (Fsp3) is 0.727. The lowest BCUT2D eigenvalue weighted by Crippen LogP contribution is -2.21. The Morgan fingerprint density at radius 3 is 2.31 bits per heavy atom. The molecular formula is C11H18OSi.